The van der Waals surface area contributed by atoms with Crippen molar-refractivity contribution in [3.8, 4) is 0 Å². The summed E-state index contributed by atoms with van der Waals surface area (Å²) in [7, 11) is 0. The highest BCUT2D eigenvalue weighted by Gasteiger charge is 2.20. The van der Waals surface area contributed by atoms with Crippen molar-refractivity contribution in [1.29, 1.82) is 0 Å². The molecule has 0 unspecified atom stereocenters. The zero-order chi connectivity index (χ0) is 8.72. The molecule has 12 heavy (non-hydrogen) atoms. The number of aromatic nitrogens is 2. The molecule has 1 aromatic rings. The molecular formula is C7H9Br2N3. The van der Waals surface area contributed by atoms with E-state index in [0.29, 0.717) is 0 Å². The Morgan fingerprint density at radius 1 is 1.50 bits per heavy atom. The zero-order valence-electron chi connectivity index (χ0n) is 6.43. The van der Waals surface area contributed by atoms with Crippen LogP contribution in [0.1, 0.15) is 12.2 Å². The summed E-state index contributed by atoms with van der Waals surface area (Å²) in [5.41, 5.74) is 5.84. The first kappa shape index (κ1) is 8.72. The Balaban J connectivity index is 2.44. The summed E-state index contributed by atoms with van der Waals surface area (Å²) in [6, 6.07) is 0.273. The van der Waals surface area contributed by atoms with Crippen LogP contribution >= 0.6 is 31.9 Å². The molecule has 0 aromatic carbocycles. The van der Waals surface area contributed by atoms with Gasteiger partial charge in [-0.2, -0.15) is 0 Å². The SMILES string of the molecule is N[C@H]1CCc2nc(Br)c(Br)n2C1. The van der Waals surface area contributed by atoms with E-state index in [1.807, 2.05) is 0 Å². The normalized spacial score (nSPS) is 22.4. The van der Waals surface area contributed by atoms with Gasteiger partial charge >= 0.3 is 0 Å². The van der Waals surface area contributed by atoms with Crippen molar-refractivity contribution < 1.29 is 0 Å². The lowest BCUT2D eigenvalue weighted by molar-refractivity contribution is 0.449. The molecule has 3 nitrogen and oxygen atoms in total. The predicted molar refractivity (Wildman–Crippen MR) is 53.9 cm³/mol. The fourth-order valence-corrected chi connectivity index (χ4v) is 2.32. The van der Waals surface area contributed by atoms with E-state index in [1.165, 1.54) is 0 Å². The van der Waals surface area contributed by atoms with Gasteiger partial charge < -0.3 is 10.3 Å². The Morgan fingerprint density at radius 3 is 3.00 bits per heavy atom. The van der Waals surface area contributed by atoms with Crippen LogP contribution in [0.3, 0.4) is 0 Å². The largest absolute Gasteiger partial charge is 0.326 e. The summed E-state index contributed by atoms with van der Waals surface area (Å²) in [5, 5.41) is 0. The lowest BCUT2D eigenvalue weighted by atomic mass is 10.1. The second-order valence-corrected chi connectivity index (χ2v) is 4.52. The van der Waals surface area contributed by atoms with Gasteiger partial charge in [-0.25, -0.2) is 4.98 Å². The summed E-state index contributed by atoms with van der Waals surface area (Å²) in [6.45, 7) is 0.870. The minimum Gasteiger partial charge on any atom is -0.326 e. The highest BCUT2D eigenvalue weighted by molar-refractivity contribution is 9.13. The van der Waals surface area contributed by atoms with Gasteiger partial charge in [0.1, 0.15) is 15.0 Å². The lowest BCUT2D eigenvalue weighted by Crippen LogP contribution is -2.32. The van der Waals surface area contributed by atoms with Crippen LogP contribution in [0.5, 0.6) is 0 Å². The topological polar surface area (TPSA) is 43.8 Å². The molecular weight excluding hydrogens is 286 g/mol. The van der Waals surface area contributed by atoms with Gasteiger partial charge in [-0.3, -0.25) is 0 Å². The summed E-state index contributed by atoms with van der Waals surface area (Å²) in [5.74, 6) is 1.12. The molecule has 1 atom stereocenters. The van der Waals surface area contributed by atoms with Gasteiger partial charge in [-0.15, -0.1) is 0 Å². The van der Waals surface area contributed by atoms with Crippen molar-refractivity contribution in [3.63, 3.8) is 0 Å². The summed E-state index contributed by atoms with van der Waals surface area (Å²) in [6.07, 6.45) is 2.02. The van der Waals surface area contributed by atoms with Crippen LogP contribution in [0.25, 0.3) is 0 Å². The highest BCUT2D eigenvalue weighted by atomic mass is 79.9. The van der Waals surface area contributed by atoms with Crippen molar-refractivity contribution in [2.45, 2.75) is 25.4 Å². The van der Waals surface area contributed by atoms with Crippen LogP contribution in [-0.4, -0.2) is 15.6 Å². The number of nitrogens with two attached hydrogens (primary N) is 1. The van der Waals surface area contributed by atoms with Gasteiger partial charge in [-0.05, 0) is 38.3 Å². The molecule has 2 heterocycles. The van der Waals surface area contributed by atoms with E-state index in [0.717, 1.165) is 34.4 Å². The fourth-order valence-electron chi connectivity index (χ4n) is 1.46. The van der Waals surface area contributed by atoms with E-state index in [4.69, 9.17) is 5.73 Å². The number of hydrogen-bond donors (Lipinski definition) is 1. The lowest BCUT2D eigenvalue weighted by Gasteiger charge is -2.20. The molecule has 1 aliphatic heterocycles. The Morgan fingerprint density at radius 2 is 2.25 bits per heavy atom. The maximum absolute atomic E-state index is 5.84. The van der Waals surface area contributed by atoms with Gasteiger partial charge in [0.05, 0.1) is 0 Å². The molecule has 0 spiro atoms. The Labute approximate surface area is 87.6 Å². The summed E-state index contributed by atoms with van der Waals surface area (Å²) >= 11 is 6.84. The second kappa shape index (κ2) is 3.12. The number of nitrogens with zero attached hydrogens (tertiary/aromatic N) is 2. The molecule has 5 heteroatoms. The van der Waals surface area contributed by atoms with Crippen LogP contribution in [-0.2, 0) is 13.0 Å². The molecule has 0 radical (unpaired) electrons. The van der Waals surface area contributed by atoms with Crippen LogP contribution in [0.2, 0.25) is 0 Å². The quantitative estimate of drug-likeness (QED) is 0.791. The molecule has 0 fully saturated rings. The second-order valence-electron chi connectivity index (χ2n) is 3.02. The first-order chi connectivity index (χ1) is 5.68. The molecule has 66 valence electrons. The van der Waals surface area contributed by atoms with Crippen LogP contribution < -0.4 is 5.73 Å². The Hall–Kier alpha value is 0.130. The fraction of sp³-hybridized carbons (Fsp3) is 0.571. The zero-order valence-corrected chi connectivity index (χ0v) is 9.60. The number of fused-ring (bicyclic) bond motifs is 1. The first-order valence-corrected chi connectivity index (χ1v) is 5.43. The van der Waals surface area contributed by atoms with E-state index in [2.05, 4.69) is 41.4 Å². The smallest absolute Gasteiger partial charge is 0.139 e. The van der Waals surface area contributed by atoms with Crippen molar-refractivity contribution in [1.82, 2.24) is 9.55 Å². The summed E-state index contributed by atoms with van der Waals surface area (Å²) < 4.78 is 4.01. The van der Waals surface area contributed by atoms with Crippen LogP contribution in [0.15, 0.2) is 9.21 Å². The Bertz CT molecular complexity index is 308. The molecule has 0 saturated carbocycles. The van der Waals surface area contributed by atoms with E-state index in [-0.39, 0.29) is 6.04 Å². The third-order valence-corrected chi connectivity index (χ3v) is 3.99. The minimum absolute atomic E-state index is 0.273. The molecule has 1 aromatic heterocycles. The average Bonchev–Trinajstić information content (AvgIpc) is 2.31. The van der Waals surface area contributed by atoms with Crippen molar-refractivity contribution in [2.24, 2.45) is 5.73 Å². The maximum atomic E-state index is 5.84. The number of rotatable bonds is 0. The van der Waals surface area contributed by atoms with Gasteiger partial charge in [0.25, 0.3) is 0 Å². The molecule has 0 aliphatic carbocycles. The summed E-state index contributed by atoms with van der Waals surface area (Å²) in [4.78, 5) is 4.36. The van der Waals surface area contributed by atoms with E-state index >= 15 is 0 Å². The predicted octanol–water partition coefficient (Wildman–Crippen LogP) is 1.68. The third kappa shape index (κ3) is 1.34. The third-order valence-electron chi connectivity index (χ3n) is 2.10. The van der Waals surface area contributed by atoms with Gasteiger partial charge in [0.2, 0.25) is 0 Å². The van der Waals surface area contributed by atoms with Crippen molar-refractivity contribution in [3.05, 3.63) is 15.0 Å². The standard InChI is InChI=1S/C7H9Br2N3/c8-6-7(9)12-3-4(10)1-2-5(12)11-6/h4H,1-3,10H2/t4-/m0/s1. The van der Waals surface area contributed by atoms with E-state index in [1.54, 1.807) is 0 Å². The molecule has 0 saturated heterocycles. The monoisotopic (exact) mass is 293 g/mol. The van der Waals surface area contributed by atoms with Crippen molar-refractivity contribution >= 4 is 31.9 Å². The van der Waals surface area contributed by atoms with E-state index in [9.17, 15) is 0 Å². The van der Waals surface area contributed by atoms with Crippen molar-refractivity contribution in [2.75, 3.05) is 0 Å². The number of halogens is 2. The van der Waals surface area contributed by atoms with Crippen LogP contribution in [0.4, 0.5) is 0 Å². The van der Waals surface area contributed by atoms with E-state index < -0.39 is 0 Å². The minimum atomic E-state index is 0.273. The number of hydrogen-bond acceptors (Lipinski definition) is 2. The number of imidazole rings is 1. The highest BCUT2D eigenvalue weighted by Crippen LogP contribution is 2.27. The van der Waals surface area contributed by atoms with Gasteiger partial charge in [0, 0.05) is 19.0 Å². The average molecular weight is 295 g/mol. The molecule has 0 bridgehead atoms. The molecule has 2 N–H and O–H groups in total. The van der Waals surface area contributed by atoms with Gasteiger partial charge in [-0.1, -0.05) is 0 Å². The molecule has 1 aliphatic rings. The maximum Gasteiger partial charge on any atom is 0.139 e. The number of aryl methyl sites for hydroxylation is 1. The molecule has 0 amide bonds. The first-order valence-electron chi connectivity index (χ1n) is 3.84. The Kier molecular flexibility index (Phi) is 2.27. The van der Waals surface area contributed by atoms with Gasteiger partial charge in [0.15, 0.2) is 0 Å². The van der Waals surface area contributed by atoms with Crippen LogP contribution in [0, 0.1) is 0 Å². The molecule has 2 rings (SSSR count).